The molecule has 1 aliphatic rings. The van der Waals surface area contributed by atoms with Crippen LogP contribution in [0.2, 0.25) is 0 Å². The van der Waals surface area contributed by atoms with E-state index in [1.54, 1.807) is 24.3 Å². The number of nitrogens with zero attached hydrogens (tertiary/aromatic N) is 4. The van der Waals surface area contributed by atoms with Crippen LogP contribution in [-0.2, 0) is 25.7 Å². The molecular weight excluding hydrogens is 469 g/mol. The van der Waals surface area contributed by atoms with Crippen molar-refractivity contribution in [2.45, 2.75) is 25.7 Å². The highest BCUT2D eigenvalue weighted by Gasteiger charge is 2.32. The molecule has 0 unspecified atom stereocenters. The lowest BCUT2D eigenvalue weighted by atomic mass is 10.0. The summed E-state index contributed by atoms with van der Waals surface area (Å²) in [5.41, 5.74) is 0.599. The second-order valence-electron chi connectivity index (χ2n) is 7.91. The number of benzene rings is 1. The van der Waals surface area contributed by atoms with Gasteiger partial charge in [-0.2, -0.15) is 18.3 Å². The lowest BCUT2D eigenvalue weighted by Gasteiger charge is -2.23. The summed E-state index contributed by atoms with van der Waals surface area (Å²) in [5, 5.41) is 16.7. The van der Waals surface area contributed by atoms with Crippen molar-refractivity contribution in [3.05, 3.63) is 81.7 Å². The molecule has 0 spiro atoms. The van der Waals surface area contributed by atoms with Crippen molar-refractivity contribution in [1.82, 2.24) is 19.7 Å². The average Bonchev–Trinajstić information content (AvgIpc) is 3.19. The Bertz CT molecular complexity index is 1480. The highest BCUT2D eigenvalue weighted by molar-refractivity contribution is 5.85. The molecule has 180 valence electrons. The molecule has 0 fully saturated rings. The van der Waals surface area contributed by atoms with Gasteiger partial charge < -0.3 is 19.2 Å². The van der Waals surface area contributed by atoms with Gasteiger partial charge >= 0.3 is 12.3 Å². The lowest BCUT2D eigenvalue weighted by Crippen LogP contribution is -2.34. The van der Waals surface area contributed by atoms with E-state index >= 15 is 0 Å². The second-order valence-corrected chi connectivity index (χ2v) is 7.91. The molecule has 9 nitrogen and oxygen atoms in total. The predicted molar refractivity (Wildman–Crippen MR) is 115 cm³/mol. The molecule has 0 aliphatic carbocycles. The Labute approximate surface area is 195 Å². The highest BCUT2D eigenvalue weighted by Crippen LogP contribution is 2.32. The molecule has 0 bridgehead atoms. The van der Waals surface area contributed by atoms with Crippen LogP contribution in [0.5, 0.6) is 5.75 Å². The van der Waals surface area contributed by atoms with E-state index in [2.05, 4.69) is 10.2 Å². The first-order chi connectivity index (χ1) is 16.7. The average molecular weight is 486 g/mol. The number of hydrogen-bond acceptors (Lipinski definition) is 6. The fraction of sp³-hybridized carbons (Fsp3) is 0.217. The van der Waals surface area contributed by atoms with Crippen LogP contribution in [0.1, 0.15) is 22.7 Å². The molecule has 1 N–H and O–H groups in total. The monoisotopic (exact) mass is 486 g/mol. The Kier molecular flexibility index (Phi) is 5.42. The smallest absolute Gasteiger partial charge is 0.435 e. The summed E-state index contributed by atoms with van der Waals surface area (Å²) in [6.45, 7) is 0.437. The van der Waals surface area contributed by atoms with Crippen LogP contribution in [0.25, 0.3) is 16.7 Å². The van der Waals surface area contributed by atoms with Crippen LogP contribution in [0.15, 0.2) is 57.9 Å². The summed E-state index contributed by atoms with van der Waals surface area (Å²) in [4.78, 5) is 25.3. The minimum Gasteiger partial charge on any atom is -0.487 e. The van der Waals surface area contributed by atoms with E-state index in [-0.39, 0.29) is 24.6 Å². The van der Waals surface area contributed by atoms with Crippen LogP contribution in [0, 0.1) is 0 Å². The number of alkyl halides is 3. The Morgan fingerprint density at radius 1 is 1.14 bits per heavy atom. The van der Waals surface area contributed by atoms with Gasteiger partial charge in [-0.15, -0.1) is 5.10 Å². The van der Waals surface area contributed by atoms with Crippen molar-refractivity contribution >= 4 is 17.1 Å². The van der Waals surface area contributed by atoms with E-state index in [9.17, 15) is 27.9 Å². The molecule has 1 amide bonds. The molecule has 35 heavy (non-hydrogen) atoms. The van der Waals surface area contributed by atoms with Gasteiger partial charge in [-0.3, -0.25) is 9.36 Å². The van der Waals surface area contributed by atoms with Crippen molar-refractivity contribution < 1.29 is 32.2 Å². The molecule has 1 aliphatic heterocycles. The molecule has 3 aromatic heterocycles. The van der Waals surface area contributed by atoms with Crippen LogP contribution in [0.3, 0.4) is 0 Å². The summed E-state index contributed by atoms with van der Waals surface area (Å²) in [5.74, 6) is 0.952. The number of halogens is 3. The van der Waals surface area contributed by atoms with Gasteiger partial charge in [0.1, 0.15) is 29.4 Å². The zero-order chi connectivity index (χ0) is 24.7. The topological polar surface area (TPSA) is 111 Å². The van der Waals surface area contributed by atoms with E-state index in [1.165, 1.54) is 21.7 Å². The molecule has 0 atom stereocenters. The van der Waals surface area contributed by atoms with E-state index in [4.69, 9.17) is 9.15 Å². The van der Waals surface area contributed by atoms with Gasteiger partial charge in [0.2, 0.25) is 0 Å². The zero-order valence-electron chi connectivity index (χ0n) is 18.0. The van der Waals surface area contributed by atoms with Crippen molar-refractivity contribution in [3.8, 4) is 11.4 Å². The summed E-state index contributed by atoms with van der Waals surface area (Å²) >= 11 is 0. The molecular formula is C23H17F3N4O5. The molecule has 4 aromatic rings. The number of carbonyl (C=O) groups is 1. The molecule has 4 heterocycles. The van der Waals surface area contributed by atoms with Crippen LogP contribution in [-0.4, -0.2) is 37.4 Å². The summed E-state index contributed by atoms with van der Waals surface area (Å²) in [6.07, 6.45) is -3.58. The molecule has 0 saturated heterocycles. The number of carboxylic acid groups (broad SMARTS) is 1. The Balaban J connectivity index is 1.33. The highest BCUT2D eigenvalue weighted by atomic mass is 19.4. The Morgan fingerprint density at radius 2 is 1.97 bits per heavy atom. The van der Waals surface area contributed by atoms with E-state index < -0.39 is 23.5 Å². The first-order valence-corrected chi connectivity index (χ1v) is 10.5. The molecule has 0 saturated carbocycles. The third kappa shape index (κ3) is 4.42. The summed E-state index contributed by atoms with van der Waals surface area (Å²) < 4.78 is 50.5. The molecule has 0 radical (unpaired) electrons. The van der Waals surface area contributed by atoms with Crippen LogP contribution >= 0.6 is 0 Å². The molecule has 5 rings (SSSR count). The van der Waals surface area contributed by atoms with Gasteiger partial charge in [0.05, 0.1) is 12.2 Å². The Hall–Kier alpha value is -4.35. The van der Waals surface area contributed by atoms with Crippen molar-refractivity contribution in [3.63, 3.8) is 0 Å². The number of pyridine rings is 1. The van der Waals surface area contributed by atoms with Gasteiger partial charge in [0.15, 0.2) is 5.69 Å². The number of ether oxygens (including phenoxy) is 1. The second kappa shape index (κ2) is 8.46. The minimum absolute atomic E-state index is 0.161. The van der Waals surface area contributed by atoms with E-state index in [0.29, 0.717) is 24.2 Å². The van der Waals surface area contributed by atoms with Crippen molar-refractivity contribution in [1.29, 1.82) is 0 Å². The fourth-order valence-corrected chi connectivity index (χ4v) is 3.89. The quantitative estimate of drug-likeness (QED) is 0.464. The number of amides is 1. The first kappa shape index (κ1) is 22.4. The van der Waals surface area contributed by atoms with Crippen LogP contribution in [0.4, 0.5) is 18.0 Å². The number of aromatic nitrogens is 3. The predicted octanol–water partition coefficient (Wildman–Crippen LogP) is 4.01. The first-order valence-electron chi connectivity index (χ1n) is 10.5. The number of hydrogen-bond donors (Lipinski definition) is 1. The number of fused-ring (bicyclic) bond motifs is 3. The maximum atomic E-state index is 12.7. The maximum Gasteiger partial charge on any atom is 0.435 e. The normalized spacial score (nSPS) is 13.6. The summed E-state index contributed by atoms with van der Waals surface area (Å²) in [6, 6.07) is 9.99. The van der Waals surface area contributed by atoms with Gasteiger partial charge in [0, 0.05) is 42.2 Å². The minimum atomic E-state index is -4.58. The molecule has 1 aromatic carbocycles. The number of furan rings is 1. The third-order valence-electron chi connectivity index (χ3n) is 5.65. The largest absolute Gasteiger partial charge is 0.487 e. The van der Waals surface area contributed by atoms with Gasteiger partial charge in [0.25, 0.3) is 5.56 Å². The van der Waals surface area contributed by atoms with E-state index in [0.717, 1.165) is 28.8 Å². The van der Waals surface area contributed by atoms with Crippen LogP contribution < -0.4 is 10.3 Å². The standard InChI is InChI=1S/C23H17F3N4O5/c24-23(25,26)20-4-1-13(27-28-20)12-34-15-5-8-30(21(31)10-15)14-2-3-16-17-11-29(22(32)33)7-6-18(17)35-19(16)9-14/h1-5,8-10H,6-7,11-12H2,(H,32,33). The van der Waals surface area contributed by atoms with Crippen molar-refractivity contribution in [2.75, 3.05) is 6.54 Å². The van der Waals surface area contributed by atoms with E-state index in [1.807, 2.05) is 0 Å². The molecule has 12 heteroatoms. The fourth-order valence-electron chi connectivity index (χ4n) is 3.89. The summed E-state index contributed by atoms with van der Waals surface area (Å²) in [7, 11) is 0. The SMILES string of the molecule is O=C(O)N1CCc2oc3cc(-n4ccc(OCc5ccc(C(F)(F)F)nn5)cc4=O)ccc3c2C1. The van der Waals surface area contributed by atoms with Crippen molar-refractivity contribution in [2.24, 2.45) is 0 Å². The lowest BCUT2D eigenvalue weighted by molar-refractivity contribution is -0.141. The maximum absolute atomic E-state index is 12.7. The van der Waals surface area contributed by atoms with Gasteiger partial charge in [-0.1, -0.05) is 0 Å². The Morgan fingerprint density at radius 3 is 2.66 bits per heavy atom. The zero-order valence-corrected chi connectivity index (χ0v) is 18.0. The van der Waals surface area contributed by atoms with Gasteiger partial charge in [-0.25, -0.2) is 4.79 Å². The van der Waals surface area contributed by atoms with Gasteiger partial charge in [-0.05, 0) is 30.3 Å². The third-order valence-corrected chi connectivity index (χ3v) is 5.65. The number of rotatable bonds is 4.